The van der Waals surface area contributed by atoms with Gasteiger partial charge in [-0.2, -0.15) is 10.9 Å². The molecule has 1 N–H and O–H groups in total. The molecule has 1 unspecified atom stereocenters. The number of ether oxygens (including phenoxy) is 1. The minimum atomic E-state index is -1.05. The maximum atomic E-state index is 12.8. The molecular formula is C28H24ClNO3S. The van der Waals surface area contributed by atoms with Crippen molar-refractivity contribution in [3.05, 3.63) is 112 Å². The van der Waals surface area contributed by atoms with Crippen molar-refractivity contribution in [1.82, 2.24) is 5.32 Å². The summed E-state index contributed by atoms with van der Waals surface area (Å²) in [5.41, 5.74) is 6.18. The summed E-state index contributed by atoms with van der Waals surface area (Å²) < 4.78 is 6.39. The lowest BCUT2D eigenvalue weighted by Gasteiger charge is -2.29. The normalized spacial score (nSPS) is 18.4. The van der Waals surface area contributed by atoms with Gasteiger partial charge in [0, 0.05) is 16.4 Å². The molecule has 1 aliphatic carbocycles. The Morgan fingerprint density at radius 3 is 2.21 bits per heavy atom. The summed E-state index contributed by atoms with van der Waals surface area (Å²) in [6.45, 7) is 2.18. The molecule has 0 fully saturated rings. The highest BCUT2D eigenvalue weighted by Gasteiger charge is 2.30. The number of hydrogen-bond donors (Lipinski definition) is 2. The third kappa shape index (κ3) is 4.06. The third-order valence-corrected chi connectivity index (χ3v) is 9.38. The number of allylic oxidation sites excluding steroid dienone is 2. The van der Waals surface area contributed by atoms with Gasteiger partial charge in [-0.05, 0) is 46.9 Å². The van der Waals surface area contributed by atoms with Gasteiger partial charge >= 0.3 is 6.09 Å². The Hall–Kier alpha value is -3.28. The van der Waals surface area contributed by atoms with Gasteiger partial charge in [0.05, 0.1) is 9.74 Å². The monoisotopic (exact) mass is 489 g/mol. The molecule has 5 rings (SSSR count). The van der Waals surface area contributed by atoms with E-state index in [-0.39, 0.29) is 17.9 Å². The molecule has 34 heavy (non-hydrogen) atoms. The number of fused-ring (bicyclic) bond motifs is 3. The molecule has 6 heteroatoms. The van der Waals surface area contributed by atoms with Gasteiger partial charge in [0.15, 0.2) is 6.29 Å². The first-order valence-electron chi connectivity index (χ1n) is 11.1. The second-order valence-electron chi connectivity index (χ2n) is 8.26. The molecule has 2 aliphatic rings. The number of benzene rings is 3. The highest BCUT2D eigenvalue weighted by molar-refractivity contribution is 8.30. The van der Waals surface area contributed by atoms with Crippen LogP contribution in [0, 0.1) is 0 Å². The molecule has 3 aromatic carbocycles. The van der Waals surface area contributed by atoms with Gasteiger partial charge in [-0.3, -0.25) is 4.79 Å². The Labute approximate surface area is 206 Å². The maximum absolute atomic E-state index is 12.8. The lowest BCUT2D eigenvalue weighted by Crippen LogP contribution is -2.33. The summed E-state index contributed by atoms with van der Waals surface area (Å²) in [7, 11) is -1.05. The fourth-order valence-electron chi connectivity index (χ4n) is 4.74. The first-order chi connectivity index (χ1) is 16.6. The van der Waals surface area contributed by atoms with E-state index in [0.717, 1.165) is 16.8 Å². The Bertz CT molecular complexity index is 1290. The first-order valence-corrected chi connectivity index (χ1v) is 12.9. The van der Waals surface area contributed by atoms with Crippen LogP contribution in [0.3, 0.4) is 0 Å². The summed E-state index contributed by atoms with van der Waals surface area (Å²) in [5, 5.41) is 2.71. The van der Waals surface area contributed by atoms with Crippen LogP contribution in [0.15, 0.2) is 89.3 Å². The lowest BCUT2D eigenvalue weighted by molar-refractivity contribution is 0.112. The van der Waals surface area contributed by atoms with Crippen molar-refractivity contribution in [3.63, 3.8) is 0 Å². The Balaban J connectivity index is 1.28. The molecule has 0 radical (unpaired) electrons. The second kappa shape index (κ2) is 9.53. The largest absolute Gasteiger partial charge is 0.449 e. The molecule has 3 aromatic rings. The standard InChI is InChI=1S/C28H24ClNO3S/c1-18(34-26(14-15-27(34)29)20-9-3-2-8-19(20)16-31)30-28(32)33-17-25-23-12-6-4-10-21(23)22-11-5-7-13-24(22)25/h2-16,18,25,34H,17H2,1H3,(H,30,32)/t18-/m0/s1. The summed E-state index contributed by atoms with van der Waals surface area (Å²) in [6.07, 6.45) is 4.16. The Morgan fingerprint density at radius 2 is 1.56 bits per heavy atom. The Kier molecular flexibility index (Phi) is 6.31. The van der Waals surface area contributed by atoms with Crippen LogP contribution in [0.25, 0.3) is 16.0 Å². The number of alkyl carbamates (subject to hydrolysis) is 1. The van der Waals surface area contributed by atoms with Crippen LogP contribution in [-0.4, -0.2) is 24.4 Å². The van der Waals surface area contributed by atoms with Crippen LogP contribution >= 0.6 is 22.5 Å². The average molecular weight is 490 g/mol. The van der Waals surface area contributed by atoms with Crippen molar-refractivity contribution >= 4 is 39.8 Å². The number of amides is 1. The molecule has 4 nitrogen and oxygen atoms in total. The van der Waals surface area contributed by atoms with Crippen molar-refractivity contribution in [3.8, 4) is 11.1 Å². The van der Waals surface area contributed by atoms with Crippen LogP contribution in [-0.2, 0) is 4.74 Å². The van der Waals surface area contributed by atoms with Crippen LogP contribution in [0.4, 0.5) is 4.79 Å². The van der Waals surface area contributed by atoms with E-state index in [0.29, 0.717) is 9.93 Å². The van der Waals surface area contributed by atoms with Crippen LogP contribution < -0.4 is 5.32 Å². The fourth-order valence-corrected chi connectivity index (χ4v) is 7.71. The smallest absolute Gasteiger partial charge is 0.407 e. The predicted molar refractivity (Wildman–Crippen MR) is 140 cm³/mol. The van der Waals surface area contributed by atoms with E-state index in [1.807, 2.05) is 61.5 Å². The molecule has 1 amide bonds. The van der Waals surface area contributed by atoms with Gasteiger partial charge in [-0.1, -0.05) is 84.4 Å². The van der Waals surface area contributed by atoms with Crippen molar-refractivity contribution in [2.24, 2.45) is 0 Å². The van der Waals surface area contributed by atoms with Crippen molar-refractivity contribution < 1.29 is 14.3 Å². The van der Waals surface area contributed by atoms with E-state index in [1.165, 1.54) is 22.3 Å². The molecule has 0 aromatic heterocycles. The first kappa shape index (κ1) is 22.5. The number of halogens is 1. The van der Waals surface area contributed by atoms with E-state index in [1.54, 1.807) is 6.07 Å². The van der Waals surface area contributed by atoms with E-state index in [2.05, 4.69) is 29.6 Å². The number of hydrogen-bond acceptors (Lipinski definition) is 3. The molecular weight excluding hydrogens is 466 g/mol. The predicted octanol–water partition coefficient (Wildman–Crippen LogP) is 6.82. The van der Waals surface area contributed by atoms with Gasteiger partial charge in [0.1, 0.15) is 6.61 Å². The molecule has 0 spiro atoms. The number of carbonyl (C=O) groups is 2. The number of rotatable bonds is 6. The SMILES string of the molecule is C[C@@H](NC(=O)OCC1c2ccccc2-c2ccccc21)[SH]1C(Cl)=CC=C1c1ccccc1C=O. The molecule has 172 valence electrons. The van der Waals surface area contributed by atoms with Crippen molar-refractivity contribution in [1.29, 1.82) is 0 Å². The zero-order valence-electron chi connectivity index (χ0n) is 18.6. The zero-order chi connectivity index (χ0) is 23.7. The minimum absolute atomic E-state index is 0.00376. The van der Waals surface area contributed by atoms with E-state index < -0.39 is 17.0 Å². The summed E-state index contributed by atoms with van der Waals surface area (Å²) in [6, 6.07) is 23.9. The van der Waals surface area contributed by atoms with Crippen LogP contribution in [0.2, 0.25) is 0 Å². The summed E-state index contributed by atoms with van der Waals surface area (Å²) >= 11 is 6.55. The third-order valence-electron chi connectivity index (χ3n) is 6.29. The van der Waals surface area contributed by atoms with E-state index in [4.69, 9.17) is 16.3 Å². The minimum Gasteiger partial charge on any atom is -0.449 e. The van der Waals surface area contributed by atoms with Crippen molar-refractivity contribution in [2.75, 3.05) is 6.61 Å². The molecule has 0 saturated carbocycles. The molecule has 0 saturated heterocycles. The number of aldehydes is 1. The van der Waals surface area contributed by atoms with Gasteiger partial charge in [0.2, 0.25) is 0 Å². The second-order valence-corrected chi connectivity index (χ2v) is 11.4. The van der Waals surface area contributed by atoms with Gasteiger partial charge in [-0.15, -0.1) is 0 Å². The van der Waals surface area contributed by atoms with Gasteiger partial charge < -0.3 is 10.1 Å². The zero-order valence-corrected chi connectivity index (χ0v) is 20.2. The topological polar surface area (TPSA) is 55.4 Å². The highest BCUT2D eigenvalue weighted by atomic mass is 35.5. The number of carbonyl (C=O) groups excluding carboxylic acids is 2. The molecule has 0 bridgehead atoms. The summed E-state index contributed by atoms with van der Waals surface area (Å²) in [5.74, 6) is 0.00376. The fraction of sp³-hybridized carbons (Fsp3) is 0.143. The maximum Gasteiger partial charge on any atom is 0.407 e. The quantitative estimate of drug-likeness (QED) is 0.295. The average Bonchev–Trinajstić information content (AvgIpc) is 3.40. The highest BCUT2D eigenvalue weighted by Crippen LogP contribution is 2.57. The van der Waals surface area contributed by atoms with Gasteiger partial charge in [0.25, 0.3) is 0 Å². The number of thiol groups is 1. The molecule has 1 heterocycles. The van der Waals surface area contributed by atoms with Gasteiger partial charge in [-0.25, -0.2) is 4.79 Å². The summed E-state index contributed by atoms with van der Waals surface area (Å²) in [4.78, 5) is 25.3. The Morgan fingerprint density at radius 1 is 0.971 bits per heavy atom. The van der Waals surface area contributed by atoms with Crippen molar-refractivity contribution in [2.45, 2.75) is 18.2 Å². The molecule has 1 aliphatic heterocycles. The lowest BCUT2D eigenvalue weighted by atomic mass is 9.98. The number of nitrogens with one attached hydrogen (secondary N) is 1. The van der Waals surface area contributed by atoms with Crippen LogP contribution in [0.1, 0.15) is 39.9 Å². The van der Waals surface area contributed by atoms with Crippen LogP contribution in [0.5, 0.6) is 0 Å². The van der Waals surface area contributed by atoms with E-state index in [9.17, 15) is 9.59 Å². The van der Waals surface area contributed by atoms with E-state index >= 15 is 0 Å². The molecule has 2 atom stereocenters.